The standard InChI is InChI=1S/C15H21F2NO/c1-10(2)15-8-12(5-6-19-15)18-9-11-3-4-13(16)14(17)7-11/h3-4,7,10,12,15,18H,5-6,8-9H2,1-2H3. The predicted octanol–water partition coefficient (Wildman–Crippen LogP) is 3.26. The highest BCUT2D eigenvalue weighted by Crippen LogP contribution is 2.20. The van der Waals surface area contributed by atoms with E-state index in [2.05, 4.69) is 19.2 Å². The van der Waals surface area contributed by atoms with Gasteiger partial charge in [-0.3, -0.25) is 0 Å². The third kappa shape index (κ3) is 3.98. The third-order valence-electron chi connectivity index (χ3n) is 3.64. The Bertz CT molecular complexity index is 423. The van der Waals surface area contributed by atoms with E-state index in [4.69, 9.17) is 4.74 Å². The normalized spacial score (nSPS) is 23.8. The molecule has 0 saturated carbocycles. The van der Waals surface area contributed by atoms with E-state index in [1.54, 1.807) is 6.07 Å². The lowest BCUT2D eigenvalue weighted by Crippen LogP contribution is -2.40. The summed E-state index contributed by atoms with van der Waals surface area (Å²) in [4.78, 5) is 0. The minimum absolute atomic E-state index is 0.288. The van der Waals surface area contributed by atoms with Gasteiger partial charge in [-0.25, -0.2) is 8.78 Å². The summed E-state index contributed by atoms with van der Waals surface area (Å²) >= 11 is 0. The first kappa shape index (κ1) is 14.4. The fraction of sp³-hybridized carbons (Fsp3) is 0.600. The number of halogens is 2. The zero-order valence-electron chi connectivity index (χ0n) is 11.5. The highest BCUT2D eigenvalue weighted by Gasteiger charge is 2.24. The average Bonchev–Trinajstić information content (AvgIpc) is 2.40. The van der Waals surface area contributed by atoms with Crippen LogP contribution in [0.4, 0.5) is 8.78 Å². The Morgan fingerprint density at radius 2 is 2.11 bits per heavy atom. The van der Waals surface area contributed by atoms with Gasteiger partial charge in [-0.15, -0.1) is 0 Å². The smallest absolute Gasteiger partial charge is 0.159 e. The first-order chi connectivity index (χ1) is 9.06. The molecule has 1 aromatic carbocycles. The van der Waals surface area contributed by atoms with Crippen LogP contribution in [0.2, 0.25) is 0 Å². The number of ether oxygens (including phenoxy) is 1. The molecule has 1 heterocycles. The Kier molecular flexibility index (Phi) is 4.88. The monoisotopic (exact) mass is 269 g/mol. The van der Waals surface area contributed by atoms with E-state index < -0.39 is 11.6 Å². The quantitative estimate of drug-likeness (QED) is 0.906. The second-order valence-electron chi connectivity index (χ2n) is 5.50. The van der Waals surface area contributed by atoms with Gasteiger partial charge in [-0.1, -0.05) is 19.9 Å². The van der Waals surface area contributed by atoms with Gasteiger partial charge in [0.2, 0.25) is 0 Å². The molecule has 0 aromatic heterocycles. The van der Waals surface area contributed by atoms with Crippen molar-refractivity contribution >= 4 is 0 Å². The van der Waals surface area contributed by atoms with Crippen LogP contribution in [0.5, 0.6) is 0 Å². The van der Waals surface area contributed by atoms with Crippen LogP contribution in [0.15, 0.2) is 18.2 Å². The van der Waals surface area contributed by atoms with Crippen molar-refractivity contribution in [1.82, 2.24) is 5.32 Å². The fourth-order valence-electron chi connectivity index (χ4n) is 2.39. The van der Waals surface area contributed by atoms with Gasteiger partial charge in [0.15, 0.2) is 11.6 Å². The minimum Gasteiger partial charge on any atom is -0.378 e. The van der Waals surface area contributed by atoms with E-state index in [0.29, 0.717) is 18.5 Å². The lowest BCUT2D eigenvalue weighted by Gasteiger charge is -2.32. The van der Waals surface area contributed by atoms with Gasteiger partial charge in [-0.2, -0.15) is 0 Å². The number of hydrogen-bond donors (Lipinski definition) is 1. The van der Waals surface area contributed by atoms with Gasteiger partial charge < -0.3 is 10.1 Å². The summed E-state index contributed by atoms with van der Waals surface area (Å²) in [6.07, 6.45) is 2.23. The van der Waals surface area contributed by atoms with Crippen LogP contribution in [0.1, 0.15) is 32.3 Å². The molecule has 0 bridgehead atoms. The Balaban J connectivity index is 1.86. The van der Waals surface area contributed by atoms with Gasteiger partial charge in [0.25, 0.3) is 0 Å². The zero-order chi connectivity index (χ0) is 13.8. The molecule has 19 heavy (non-hydrogen) atoms. The van der Waals surface area contributed by atoms with Crippen molar-refractivity contribution in [1.29, 1.82) is 0 Å². The van der Waals surface area contributed by atoms with Crippen LogP contribution in [-0.2, 0) is 11.3 Å². The van der Waals surface area contributed by atoms with Crippen molar-refractivity contribution in [2.75, 3.05) is 6.61 Å². The summed E-state index contributed by atoms with van der Waals surface area (Å²) in [5.74, 6) is -1.08. The largest absolute Gasteiger partial charge is 0.378 e. The van der Waals surface area contributed by atoms with Crippen molar-refractivity contribution in [3.8, 4) is 0 Å². The Hall–Kier alpha value is -1.00. The van der Waals surface area contributed by atoms with E-state index in [9.17, 15) is 8.78 Å². The summed E-state index contributed by atoms with van der Waals surface area (Å²) in [6.45, 7) is 5.63. The van der Waals surface area contributed by atoms with Crippen LogP contribution < -0.4 is 5.32 Å². The van der Waals surface area contributed by atoms with Gasteiger partial charge in [-0.05, 0) is 36.5 Å². The second kappa shape index (κ2) is 6.44. The van der Waals surface area contributed by atoms with Crippen molar-refractivity contribution in [3.05, 3.63) is 35.4 Å². The van der Waals surface area contributed by atoms with Crippen LogP contribution in [0, 0.1) is 17.6 Å². The molecule has 0 spiro atoms. The Morgan fingerprint density at radius 1 is 1.32 bits per heavy atom. The van der Waals surface area contributed by atoms with Crippen LogP contribution in [0.3, 0.4) is 0 Å². The van der Waals surface area contributed by atoms with E-state index in [1.165, 1.54) is 12.1 Å². The molecular weight excluding hydrogens is 248 g/mol. The van der Waals surface area contributed by atoms with Crippen molar-refractivity contribution in [2.24, 2.45) is 5.92 Å². The summed E-state index contributed by atoms with van der Waals surface area (Å²) in [6, 6.07) is 4.42. The molecule has 0 amide bonds. The molecule has 0 radical (unpaired) electrons. The lowest BCUT2D eigenvalue weighted by molar-refractivity contribution is -0.0245. The number of benzene rings is 1. The molecule has 1 aliphatic heterocycles. The molecule has 2 rings (SSSR count). The number of nitrogens with one attached hydrogen (secondary N) is 1. The minimum atomic E-state index is -0.797. The van der Waals surface area contributed by atoms with Gasteiger partial charge >= 0.3 is 0 Å². The Labute approximate surface area is 113 Å². The van der Waals surface area contributed by atoms with Crippen LogP contribution in [0.25, 0.3) is 0 Å². The van der Waals surface area contributed by atoms with E-state index in [0.717, 1.165) is 25.0 Å². The Morgan fingerprint density at radius 3 is 2.79 bits per heavy atom. The van der Waals surface area contributed by atoms with Crippen LogP contribution in [-0.4, -0.2) is 18.8 Å². The van der Waals surface area contributed by atoms with Crippen molar-refractivity contribution in [2.45, 2.75) is 45.4 Å². The highest BCUT2D eigenvalue weighted by molar-refractivity contribution is 5.17. The predicted molar refractivity (Wildman–Crippen MR) is 70.8 cm³/mol. The third-order valence-corrected chi connectivity index (χ3v) is 3.64. The molecule has 0 aliphatic carbocycles. The molecule has 2 atom stereocenters. The maximum Gasteiger partial charge on any atom is 0.159 e. The molecule has 2 nitrogen and oxygen atoms in total. The fourth-order valence-corrected chi connectivity index (χ4v) is 2.39. The molecule has 1 fully saturated rings. The van der Waals surface area contributed by atoms with E-state index in [1.807, 2.05) is 0 Å². The average molecular weight is 269 g/mol. The maximum absolute atomic E-state index is 13.1. The topological polar surface area (TPSA) is 21.3 Å². The van der Waals surface area contributed by atoms with Crippen molar-refractivity contribution < 1.29 is 13.5 Å². The number of hydrogen-bond acceptors (Lipinski definition) is 2. The van der Waals surface area contributed by atoms with E-state index >= 15 is 0 Å². The van der Waals surface area contributed by atoms with E-state index in [-0.39, 0.29) is 6.10 Å². The first-order valence-electron chi connectivity index (χ1n) is 6.85. The molecular formula is C15H21F2NO. The van der Waals surface area contributed by atoms with Crippen LogP contribution >= 0.6 is 0 Å². The molecule has 1 aromatic rings. The van der Waals surface area contributed by atoms with Gasteiger partial charge in [0, 0.05) is 19.2 Å². The molecule has 1 saturated heterocycles. The first-order valence-corrected chi connectivity index (χ1v) is 6.85. The molecule has 106 valence electrons. The number of rotatable bonds is 4. The molecule has 1 aliphatic rings. The zero-order valence-corrected chi connectivity index (χ0v) is 11.5. The molecule has 1 N–H and O–H groups in total. The summed E-state index contributed by atoms with van der Waals surface area (Å²) in [5.41, 5.74) is 0.770. The van der Waals surface area contributed by atoms with Gasteiger partial charge in [0.1, 0.15) is 0 Å². The molecule has 2 unspecified atom stereocenters. The molecule has 4 heteroatoms. The summed E-state index contributed by atoms with van der Waals surface area (Å²) in [7, 11) is 0. The lowest BCUT2D eigenvalue weighted by atomic mass is 9.95. The summed E-state index contributed by atoms with van der Waals surface area (Å²) < 4.78 is 31.6. The second-order valence-corrected chi connectivity index (χ2v) is 5.50. The maximum atomic E-state index is 13.1. The highest BCUT2D eigenvalue weighted by atomic mass is 19.2. The van der Waals surface area contributed by atoms with Crippen molar-refractivity contribution in [3.63, 3.8) is 0 Å². The summed E-state index contributed by atoms with van der Waals surface area (Å²) in [5, 5.41) is 3.40. The SMILES string of the molecule is CC(C)C1CC(NCc2ccc(F)c(F)c2)CCO1. The van der Waals surface area contributed by atoms with Gasteiger partial charge in [0.05, 0.1) is 6.10 Å².